The first kappa shape index (κ1) is 26.7. The summed E-state index contributed by atoms with van der Waals surface area (Å²) >= 11 is 6.92. The fraction of sp³-hybridized carbons (Fsp3) is 0.355. The van der Waals surface area contributed by atoms with Crippen LogP contribution >= 0.6 is 11.6 Å². The summed E-state index contributed by atoms with van der Waals surface area (Å²) in [6, 6.07) is 4.46. The maximum Gasteiger partial charge on any atom is 0.133 e. The van der Waals surface area contributed by atoms with E-state index in [1.165, 1.54) is 17.2 Å². The molecule has 5 nitrogen and oxygen atoms in total. The van der Waals surface area contributed by atoms with Crippen molar-refractivity contribution in [3.8, 4) is 0 Å². The van der Waals surface area contributed by atoms with Gasteiger partial charge in [-0.05, 0) is 83.7 Å². The molecule has 4 rings (SSSR count). The number of hydrogen-bond donors (Lipinski definition) is 2. The smallest absolute Gasteiger partial charge is 0.133 e. The maximum absolute atomic E-state index is 7.13. The Morgan fingerprint density at radius 1 is 1.30 bits per heavy atom. The van der Waals surface area contributed by atoms with Gasteiger partial charge in [0.25, 0.3) is 0 Å². The summed E-state index contributed by atoms with van der Waals surface area (Å²) in [6.45, 7) is 12.0. The number of aromatic nitrogens is 1. The van der Waals surface area contributed by atoms with Crippen LogP contribution in [0.4, 0.5) is 0 Å². The van der Waals surface area contributed by atoms with Crippen molar-refractivity contribution in [3.05, 3.63) is 94.2 Å². The van der Waals surface area contributed by atoms with Gasteiger partial charge in [0.05, 0.1) is 17.9 Å². The number of allylic oxidation sites excluding steroid dienone is 5. The summed E-state index contributed by atoms with van der Waals surface area (Å²) in [5.74, 6) is 0. The lowest BCUT2D eigenvalue weighted by Crippen LogP contribution is -2.21. The van der Waals surface area contributed by atoms with Gasteiger partial charge >= 0.3 is 0 Å². The van der Waals surface area contributed by atoms with Crippen molar-refractivity contribution in [2.45, 2.75) is 46.5 Å². The van der Waals surface area contributed by atoms with Gasteiger partial charge in [-0.15, -0.1) is 0 Å². The molecule has 0 radical (unpaired) electrons. The predicted octanol–water partition coefficient (Wildman–Crippen LogP) is 6.98. The SMILES string of the molecule is C=C(C1=CN(C)CN1C)c1cc(C)c2nc(Cl)c(CC3(C)C=CC(N/C=C\C=N)=CC3)c(CCC)c2c1. The Hall–Kier alpha value is -3.31. The first-order chi connectivity index (χ1) is 17.7. The van der Waals surface area contributed by atoms with Crippen LogP contribution < -0.4 is 5.32 Å². The van der Waals surface area contributed by atoms with Crippen LogP contribution in [0.2, 0.25) is 5.15 Å². The lowest BCUT2D eigenvalue weighted by atomic mass is 9.76. The molecule has 194 valence electrons. The number of likely N-dealkylation sites (N-methyl/N-ethyl adjacent to an activating group) is 1. The monoisotopic (exact) mass is 515 g/mol. The molecule has 2 N–H and O–H groups in total. The highest BCUT2D eigenvalue weighted by atomic mass is 35.5. The van der Waals surface area contributed by atoms with Crippen LogP contribution in [0.5, 0.6) is 0 Å². The van der Waals surface area contributed by atoms with Gasteiger partial charge in [0, 0.05) is 43.8 Å². The number of halogens is 1. The van der Waals surface area contributed by atoms with Gasteiger partial charge in [0.1, 0.15) is 5.15 Å². The van der Waals surface area contributed by atoms with Crippen LogP contribution in [0, 0.1) is 17.7 Å². The van der Waals surface area contributed by atoms with Gasteiger partial charge in [-0.25, -0.2) is 4.98 Å². The predicted molar refractivity (Wildman–Crippen MR) is 158 cm³/mol. The molecule has 2 aromatic rings. The highest BCUT2D eigenvalue weighted by molar-refractivity contribution is 6.30. The molecule has 0 saturated carbocycles. The molecular weight excluding hydrogens is 478 g/mol. The summed E-state index contributed by atoms with van der Waals surface area (Å²) in [7, 11) is 4.19. The first-order valence-corrected chi connectivity index (χ1v) is 13.3. The van der Waals surface area contributed by atoms with E-state index >= 15 is 0 Å². The van der Waals surface area contributed by atoms with Crippen LogP contribution in [0.15, 0.2) is 66.8 Å². The second kappa shape index (κ2) is 11.0. The molecule has 0 spiro atoms. The van der Waals surface area contributed by atoms with Crippen molar-refractivity contribution in [2.24, 2.45) is 5.41 Å². The summed E-state index contributed by atoms with van der Waals surface area (Å²) in [5, 5.41) is 12.2. The third-order valence-electron chi connectivity index (χ3n) is 7.27. The second-order valence-electron chi connectivity index (χ2n) is 10.6. The minimum absolute atomic E-state index is 0.0594. The zero-order chi connectivity index (χ0) is 26.7. The average Bonchev–Trinajstić information content (AvgIpc) is 3.20. The number of benzene rings is 1. The highest BCUT2D eigenvalue weighted by Crippen LogP contribution is 2.39. The van der Waals surface area contributed by atoms with Crippen molar-refractivity contribution in [3.63, 3.8) is 0 Å². The molecule has 1 aliphatic heterocycles. The molecule has 0 amide bonds. The average molecular weight is 516 g/mol. The van der Waals surface area contributed by atoms with E-state index in [4.69, 9.17) is 22.0 Å². The fourth-order valence-corrected chi connectivity index (χ4v) is 5.59. The summed E-state index contributed by atoms with van der Waals surface area (Å²) in [6.07, 6.45) is 17.2. The van der Waals surface area contributed by atoms with E-state index in [0.29, 0.717) is 5.15 Å². The quantitative estimate of drug-likeness (QED) is 0.279. The molecule has 2 aliphatic rings. The molecule has 1 unspecified atom stereocenters. The van der Waals surface area contributed by atoms with Gasteiger partial charge in [-0.3, -0.25) is 0 Å². The van der Waals surface area contributed by atoms with Gasteiger partial charge < -0.3 is 20.5 Å². The molecule has 2 heterocycles. The van der Waals surface area contributed by atoms with E-state index in [0.717, 1.165) is 71.5 Å². The lowest BCUT2D eigenvalue weighted by molar-refractivity contribution is 0.333. The van der Waals surface area contributed by atoms with Crippen LogP contribution in [0.1, 0.15) is 48.9 Å². The Kier molecular flexibility index (Phi) is 7.93. The topological polar surface area (TPSA) is 55.2 Å². The Labute approximate surface area is 226 Å². The van der Waals surface area contributed by atoms with Crippen LogP contribution in [0.3, 0.4) is 0 Å². The number of aryl methyl sites for hydroxylation is 2. The molecule has 1 aromatic heterocycles. The molecule has 0 bridgehead atoms. The van der Waals surface area contributed by atoms with E-state index in [-0.39, 0.29) is 5.41 Å². The van der Waals surface area contributed by atoms with Crippen LogP contribution in [-0.2, 0) is 12.8 Å². The number of hydrogen-bond acceptors (Lipinski definition) is 5. The molecular formula is C31H38ClN5. The van der Waals surface area contributed by atoms with Crippen molar-refractivity contribution < 1.29 is 0 Å². The largest absolute Gasteiger partial charge is 0.362 e. The van der Waals surface area contributed by atoms with E-state index in [9.17, 15) is 0 Å². The van der Waals surface area contributed by atoms with Crippen LogP contribution in [0.25, 0.3) is 16.5 Å². The first-order valence-electron chi connectivity index (χ1n) is 12.9. The lowest BCUT2D eigenvalue weighted by Gasteiger charge is -2.30. The van der Waals surface area contributed by atoms with E-state index in [1.54, 1.807) is 12.3 Å². The van der Waals surface area contributed by atoms with Gasteiger partial charge in [0.2, 0.25) is 0 Å². The molecule has 1 atom stereocenters. The van der Waals surface area contributed by atoms with Gasteiger partial charge in [-0.2, -0.15) is 0 Å². The highest BCUT2D eigenvalue weighted by Gasteiger charge is 2.27. The zero-order valence-corrected chi connectivity index (χ0v) is 23.4. The number of nitrogens with one attached hydrogen (secondary N) is 2. The summed E-state index contributed by atoms with van der Waals surface area (Å²) in [5.41, 5.74) is 8.84. The molecule has 1 aliphatic carbocycles. The summed E-state index contributed by atoms with van der Waals surface area (Å²) in [4.78, 5) is 9.33. The van der Waals surface area contributed by atoms with Crippen molar-refractivity contribution >= 4 is 34.3 Å². The Bertz CT molecular complexity index is 1350. The molecule has 1 aromatic carbocycles. The molecule has 0 saturated heterocycles. The van der Waals surface area contributed by atoms with E-state index in [2.05, 4.69) is 93.1 Å². The van der Waals surface area contributed by atoms with Gasteiger partial charge in [-0.1, -0.05) is 50.6 Å². The number of nitrogens with zero attached hydrogens (tertiary/aromatic N) is 3. The summed E-state index contributed by atoms with van der Waals surface area (Å²) < 4.78 is 0. The van der Waals surface area contributed by atoms with Crippen molar-refractivity contribution in [2.75, 3.05) is 20.8 Å². The van der Waals surface area contributed by atoms with Gasteiger partial charge in [0.15, 0.2) is 0 Å². The normalized spacial score (nSPS) is 19.5. The van der Waals surface area contributed by atoms with Crippen molar-refractivity contribution in [1.29, 1.82) is 5.41 Å². The third kappa shape index (κ3) is 5.67. The number of rotatable bonds is 9. The zero-order valence-electron chi connectivity index (χ0n) is 22.7. The molecule has 37 heavy (non-hydrogen) atoms. The number of pyridine rings is 1. The Morgan fingerprint density at radius 3 is 2.70 bits per heavy atom. The van der Waals surface area contributed by atoms with E-state index < -0.39 is 0 Å². The third-order valence-corrected chi connectivity index (χ3v) is 7.58. The second-order valence-corrected chi connectivity index (χ2v) is 10.9. The van der Waals surface area contributed by atoms with Crippen molar-refractivity contribution in [1.82, 2.24) is 20.1 Å². The molecule has 0 fully saturated rings. The Balaban J connectivity index is 1.73. The standard InChI is InChI=1S/C31H38ClN5/c1-7-9-25-26-17-23(22(3)28-19-36(5)20-37(28)6)16-21(2)29(26)35-30(32)27(25)18-31(4)12-10-24(11-13-31)34-15-8-14-33/h8,10-12,14-17,19,33-34H,3,7,9,13,18,20H2,1-2,4-6H3/b15-8-,33-14?. The minimum atomic E-state index is -0.0594. The van der Waals surface area contributed by atoms with Crippen LogP contribution in [-0.4, -0.2) is 41.8 Å². The number of fused-ring (bicyclic) bond motifs is 1. The molecule has 6 heteroatoms. The minimum Gasteiger partial charge on any atom is -0.362 e. The fourth-order valence-electron chi connectivity index (χ4n) is 5.32. The maximum atomic E-state index is 7.13. The van der Waals surface area contributed by atoms with E-state index in [1.807, 2.05) is 0 Å². The Morgan fingerprint density at radius 2 is 2.08 bits per heavy atom.